The quantitative estimate of drug-likeness (QED) is 0.764. The van der Waals surface area contributed by atoms with Crippen LogP contribution in [0.25, 0.3) is 0 Å². The van der Waals surface area contributed by atoms with Crippen molar-refractivity contribution in [2.24, 2.45) is 0 Å². The second kappa shape index (κ2) is 7.83. The molecule has 148 valence electrons. The molecular weight excluding hydrogens is 376 g/mol. The zero-order valence-electron chi connectivity index (χ0n) is 15.0. The first-order valence-electron chi connectivity index (χ1n) is 8.66. The molecule has 1 amide bonds. The van der Waals surface area contributed by atoms with Crippen LogP contribution in [0.15, 0.2) is 23.1 Å². The van der Waals surface area contributed by atoms with Gasteiger partial charge in [-0.15, -0.1) is 0 Å². The maximum atomic E-state index is 13.0. The Labute approximate surface area is 157 Å². The van der Waals surface area contributed by atoms with Crippen molar-refractivity contribution in [1.82, 2.24) is 9.21 Å². The highest BCUT2D eigenvalue weighted by molar-refractivity contribution is 7.89. The number of amides is 1. The molecule has 0 spiro atoms. The van der Waals surface area contributed by atoms with Crippen LogP contribution in [-0.2, 0) is 19.6 Å². The molecule has 1 N–H and O–H groups in total. The summed E-state index contributed by atoms with van der Waals surface area (Å²) in [5.41, 5.74) is 0.121. The van der Waals surface area contributed by atoms with Gasteiger partial charge < -0.3 is 19.5 Å². The van der Waals surface area contributed by atoms with E-state index < -0.39 is 27.9 Å². The fourth-order valence-electron chi connectivity index (χ4n) is 3.37. The Morgan fingerprint density at radius 1 is 1.22 bits per heavy atom. The number of hydrogen-bond acceptors (Lipinski definition) is 6. The molecule has 1 atom stereocenters. The van der Waals surface area contributed by atoms with Crippen LogP contribution in [0.3, 0.4) is 0 Å². The molecule has 2 heterocycles. The molecule has 0 saturated carbocycles. The molecule has 2 fully saturated rings. The van der Waals surface area contributed by atoms with Crippen molar-refractivity contribution < 1.29 is 32.6 Å². The Morgan fingerprint density at radius 2 is 1.93 bits per heavy atom. The molecule has 2 aliphatic heterocycles. The first-order valence-corrected chi connectivity index (χ1v) is 10.1. The van der Waals surface area contributed by atoms with E-state index in [0.29, 0.717) is 32.6 Å². The number of carbonyl (C=O) groups is 2. The molecule has 0 aliphatic carbocycles. The lowest BCUT2D eigenvalue weighted by molar-refractivity contribution is -0.141. The fourth-order valence-corrected chi connectivity index (χ4v) is 4.96. The Hall–Kier alpha value is -2.17. The topological polar surface area (TPSA) is 113 Å². The second-order valence-electron chi connectivity index (χ2n) is 6.38. The first kappa shape index (κ1) is 19.6. The average molecular weight is 398 g/mol. The molecule has 2 saturated heterocycles. The van der Waals surface area contributed by atoms with Crippen molar-refractivity contribution in [3.8, 4) is 5.75 Å². The molecule has 1 aromatic carbocycles. The van der Waals surface area contributed by atoms with Crippen molar-refractivity contribution >= 4 is 21.9 Å². The summed E-state index contributed by atoms with van der Waals surface area (Å²) < 4.78 is 37.7. The van der Waals surface area contributed by atoms with Gasteiger partial charge in [0.25, 0.3) is 5.91 Å². The number of carboxylic acid groups (broad SMARTS) is 1. The lowest BCUT2D eigenvalue weighted by Crippen LogP contribution is -2.41. The maximum absolute atomic E-state index is 13.0. The molecule has 1 unspecified atom stereocenters. The van der Waals surface area contributed by atoms with E-state index in [1.807, 2.05) is 0 Å². The zero-order chi connectivity index (χ0) is 19.6. The van der Waals surface area contributed by atoms with Crippen molar-refractivity contribution in [1.29, 1.82) is 0 Å². The predicted octanol–water partition coefficient (Wildman–Crippen LogP) is 0.405. The smallest absolute Gasteiger partial charge is 0.326 e. The lowest BCUT2D eigenvalue weighted by Gasteiger charge is -2.27. The van der Waals surface area contributed by atoms with Gasteiger partial charge in [-0.3, -0.25) is 4.79 Å². The molecule has 10 heteroatoms. The van der Waals surface area contributed by atoms with Crippen LogP contribution in [0.2, 0.25) is 0 Å². The summed E-state index contributed by atoms with van der Waals surface area (Å²) in [6.45, 7) is 1.36. The van der Waals surface area contributed by atoms with Gasteiger partial charge in [0.1, 0.15) is 16.7 Å². The van der Waals surface area contributed by atoms with Crippen LogP contribution in [0.1, 0.15) is 23.2 Å². The molecule has 2 aliphatic rings. The van der Waals surface area contributed by atoms with Crippen LogP contribution in [0.5, 0.6) is 5.75 Å². The SMILES string of the molecule is COc1ccc(C(=O)N2CCCC2C(=O)O)cc1S(=O)(=O)N1CCOCC1. The summed E-state index contributed by atoms with van der Waals surface area (Å²) >= 11 is 0. The van der Waals surface area contributed by atoms with Gasteiger partial charge in [-0.1, -0.05) is 0 Å². The summed E-state index contributed by atoms with van der Waals surface area (Å²) in [5.74, 6) is -1.43. The Morgan fingerprint density at radius 3 is 2.56 bits per heavy atom. The number of methoxy groups -OCH3 is 1. The highest BCUT2D eigenvalue weighted by atomic mass is 32.2. The van der Waals surface area contributed by atoms with Gasteiger partial charge >= 0.3 is 5.97 Å². The highest BCUT2D eigenvalue weighted by Crippen LogP contribution is 2.30. The van der Waals surface area contributed by atoms with Crippen LogP contribution < -0.4 is 4.74 Å². The Kier molecular flexibility index (Phi) is 5.68. The fraction of sp³-hybridized carbons (Fsp3) is 0.529. The molecule has 27 heavy (non-hydrogen) atoms. The van der Waals surface area contributed by atoms with E-state index in [1.165, 1.54) is 34.5 Å². The van der Waals surface area contributed by atoms with Crippen LogP contribution in [0, 0.1) is 0 Å². The maximum Gasteiger partial charge on any atom is 0.326 e. The third kappa shape index (κ3) is 3.78. The van der Waals surface area contributed by atoms with E-state index in [-0.39, 0.29) is 29.3 Å². The number of aliphatic carboxylic acids is 1. The summed E-state index contributed by atoms with van der Waals surface area (Å²) in [7, 11) is -2.52. The molecule has 0 radical (unpaired) electrons. The third-order valence-corrected chi connectivity index (χ3v) is 6.72. The van der Waals surface area contributed by atoms with Gasteiger partial charge in [0.15, 0.2) is 0 Å². The number of morpholine rings is 1. The standard InChI is InChI=1S/C17H22N2O7S/c1-25-14-5-4-12(16(20)19-6-2-3-13(19)17(21)22)11-15(14)27(23,24)18-7-9-26-10-8-18/h4-5,11,13H,2-3,6-10H2,1H3,(H,21,22). The average Bonchev–Trinajstić information content (AvgIpc) is 3.17. The number of rotatable bonds is 5. The lowest BCUT2D eigenvalue weighted by atomic mass is 10.1. The van der Waals surface area contributed by atoms with Crippen molar-refractivity contribution in [3.05, 3.63) is 23.8 Å². The summed E-state index contributed by atoms with van der Waals surface area (Å²) in [5, 5.41) is 9.29. The largest absolute Gasteiger partial charge is 0.495 e. The van der Waals surface area contributed by atoms with Crippen molar-refractivity contribution in [2.45, 2.75) is 23.8 Å². The number of sulfonamides is 1. The van der Waals surface area contributed by atoms with Crippen LogP contribution in [-0.4, -0.2) is 80.6 Å². The summed E-state index contributed by atoms with van der Waals surface area (Å²) in [4.78, 5) is 25.3. The molecule has 3 rings (SSSR count). The molecule has 0 bridgehead atoms. The second-order valence-corrected chi connectivity index (χ2v) is 8.28. The minimum atomic E-state index is -3.87. The summed E-state index contributed by atoms with van der Waals surface area (Å²) in [6, 6.07) is 3.26. The number of hydrogen-bond donors (Lipinski definition) is 1. The number of carbonyl (C=O) groups excluding carboxylic acids is 1. The Bertz CT molecular complexity index is 834. The van der Waals surface area contributed by atoms with Crippen molar-refractivity contribution in [3.63, 3.8) is 0 Å². The number of benzene rings is 1. The van der Waals surface area contributed by atoms with E-state index >= 15 is 0 Å². The van der Waals surface area contributed by atoms with Crippen LogP contribution in [0.4, 0.5) is 0 Å². The molecule has 1 aromatic rings. The summed E-state index contributed by atoms with van der Waals surface area (Å²) in [6.07, 6.45) is 0.980. The molecule has 9 nitrogen and oxygen atoms in total. The molecule has 0 aromatic heterocycles. The van der Waals surface area contributed by atoms with Gasteiger partial charge in [0.05, 0.1) is 20.3 Å². The number of carboxylic acids is 1. The third-order valence-electron chi connectivity index (χ3n) is 4.80. The van der Waals surface area contributed by atoms with Gasteiger partial charge in [0.2, 0.25) is 10.0 Å². The van der Waals surface area contributed by atoms with E-state index in [1.54, 1.807) is 0 Å². The van der Waals surface area contributed by atoms with E-state index in [9.17, 15) is 23.1 Å². The minimum absolute atomic E-state index is 0.108. The van der Waals surface area contributed by atoms with E-state index in [4.69, 9.17) is 9.47 Å². The highest BCUT2D eigenvalue weighted by Gasteiger charge is 2.36. The predicted molar refractivity (Wildman–Crippen MR) is 94.3 cm³/mol. The normalized spacial score (nSPS) is 21.2. The monoisotopic (exact) mass is 398 g/mol. The van der Waals surface area contributed by atoms with Gasteiger partial charge in [-0.2, -0.15) is 4.31 Å². The van der Waals surface area contributed by atoms with Gasteiger partial charge in [-0.25, -0.2) is 13.2 Å². The van der Waals surface area contributed by atoms with E-state index in [2.05, 4.69) is 0 Å². The number of ether oxygens (including phenoxy) is 2. The van der Waals surface area contributed by atoms with Crippen molar-refractivity contribution in [2.75, 3.05) is 40.0 Å². The van der Waals surface area contributed by atoms with E-state index in [0.717, 1.165) is 0 Å². The zero-order valence-corrected chi connectivity index (χ0v) is 15.8. The first-order chi connectivity index (χ1) is 12.9. The number of likely N-dealkylation sites (tertiary alicyclic amines) is 1. The Balaban J connectivity index is 1.96. The van der Waals surface area contributed by atoms with Crippen LogP contribution >= 0.6 is 0 Å². The van der Waals surface area contributed by atoms with Gasteiger partial charge in [-0.05, 0) is 31.0 Å². The number of nitrogens with zero attached hydrogens (tertiary/aromatic N) is 2. The van der Waals surface area contributed by atoms with Gasteiger partial charge in [0, 0.05) is 25.2 Å². The minimum Gasteiger partial charge on any atom is -0.495 e. The molecular formula is C17H22N2O7S.